The number of nitrogens with zero attached hydrogens (tertiary/aromatic N) is 4. The number of carbonyl (C=O) groups excluding carboxylic acids is 2. The van der Waals surface area contributed by atoms with Crippen molar-refractivity contribution in [3.63, 3.8) is 0 Å². The molecule has 1 atom stereocenters. The first-order valence-corrected chi connectivity index (χ1v) is 10.8. The minimum Gasteiger partial charge on any atom is -0.468 e. The fourth-order valence-corrected chi connectivity index (χ4v) is 3.90. The van der Waals surface area contributed by atoms with Crippen LogP contribution in [0, 0.1) is 0 Å². The van der Waals surface area contributed by atoms with Crippen LogP contribution in [0.4, 0.5) is 0 Å². The number of piperazine rings is 1. The molecule has 0 aliphatic carbocycles. The number of esters is 1. The Kier molecular flexibility index (Phi) is 7.65. The zero-order chi connectivity index (χ0) is 20.6. The van der Waals surface area contributed by atoms with Crippen LogP contribution < -0.4 is 0 Å². The first-order valence-electron chi connectivity index (χ1n) is 9.64. The second-order valence-corrected chi connectivity index (χ2v) is 7.90. The van der Waals surface area contributed by atoms with Crippen LogP contribution in [0.15, 0.2) is 34.9 Å². The van der Waals surface area contributed by atoms with E-state index in [1.165, 1.54) is 18.9 Å². The maximum absolute atomic E-state index is 12.4. The second-order valence-electron chi connectivity index (χ2n) is 6.79. The number of thioether (sulfide) groups is 1. The van der Waals surface area contributed by atoms with Gasteiger partial charge in [-0.1, -0.05) is 35.5 Å². The van der Waals surface area contributed by atoms with Gasteiger partial charge in [0.2, 0.25) is 17.6 Å². The highest BCUT2D eigenvalue weighted by Gasteiger charge is 2.27. The van der Waals surface area contributed by atoms with Gasteiger partial charge in [-0.25, -0.2) is 0 Å². The van der Waals surface area contributed by atoms with Gasteiger partial charge >= 0.3 is 5.97 Å². The van der Waals surface area contributed by atoms with Gasteiger partial charge in [0.05, 0.1) is 18.9 Å². The molecular weight excluding hydrogens is 392 g/mol. The van der Waals surface area contributed by atoms with Crippen molar-refractivity contribution in [3.05, 3.63) is 36.2 Å². The van der Waals surface area contributed by atoms with Crippen LogP contribution in [0.3, 0.4) is 0 Å². The minimum atomic E-state index is -0.263. The third-order valence-electron chi connectivity index (χ3n) is 4.95. The molecule has 2 heterocycles. The van der Waals surface area contributed by atoms with Crippen LogP contribution >= 0.6 is 11.8 Å². The van der Waals surface area contributed by atoms with E-state index in [9.17, 15) is 9.59 Å². The molecule has 0 radical (unpaired) electrons. The summed E-state index contributed by atoms with van der Waals surface area (Å²) in [6, 6.07) is 9.73. The van der Waals surface area contributed by atoms with Crippen molar-refractivity contribution < 1.29 is 18.8 Å². The first kappa shape index (κ1) is 21.3. The Morgan fingerprint density at radius 1 is 1.21 bits per heavy atom. The molecule has 0 spiro atoms. The van der Waals surface area contributed by atoms with E-state index in [1.54, 1.807) is 0 Å². The van der Waals surface area contributed by atoms with E-state index in [0.29, 0.717) is 37.0 Å². The molecule has 1 unspecified atom stereocenters. The Bertz CT molecular complexity index is 806. The molecule has 0 bridgehead atoms. The van der Waals surface area contributed by atoms with E-state index in [0.717, 1.165) is 18.7 Å². The molecule has 1 aromatic heterocycles. The zero-order valence-corrected chi connectivity index (χ0v) is 17.6. The number of hydrogen-bond donors (Lipinski definition) is 0. The normalized spacial score (nSPS) is 15.9. The van der Waals surface area contributed by atoms with E-state index in [1.807, 2.05) is 42.2 Å². The third-order valence-corrected chi connectivity index (χ3v) is 5.89. The molecule has 2 aromatic rings. The summed E-state index contributed by atoms with van der Waals surface area (Å²) >= 11 is 1.42. The average Bonchev–Trinajstić information content (AvgIpc) is 3.27. The van der Waals surface area contributed by atoms with E-state index in [4.69, 9.17) is 4.52 Å². The van der Waals surface area contributed by atoms with Crippen molar-refractivity contribution in [2.45, 2.75) is 19.4 Å². The van der Waals surface area contributed by atoms with Gasteiger partial charge in [-0.05, 0) is 6.92 Å². The lowest BCUT2D eigenvalue weighted by Crippen LogP contribution is -2.49. The maximum Gasteiger partial charge on any atom is 0.315 e. The lowest BCUT2D eigenvalue weighted by molar-refractivity contribution is -0.137. The van der Waals surface area contributed by atoms with Crippen LogP contribution in [0.2, 0.25) is 0 Å². The Labute approximate surface area is 174 Å². The van der Waals surface area contributed by atoms with Crippen molar-refractivity contribution in [3.8, 4) is 11.4 Å². The predicted molar refractivity (Wildman–Crippen MR) is 110 cm³/mol. The fraction of sp³-hybridized carbons (Fsp3) is 0.500. The van der Waals surface area contributed by atoms with Gasteiger partial charge in [0.25, 0.3) is 0 Å². The molecule has 1 aliphatic rings. The van der Waals surface area contributed by atoms with Gasteiger partial charge in [0.1, 0.15) is 0 Å². The van der Waals surface area contributed by atoms with Gasteiger partial charge < -0.3 is 14.2 Å². The molecule has 1 fully saturated rings. The van der Waals surface area contributed by atoms with Gasteiger partial charge in [-0.15, -0.1) is 11.8 Å². The van der Waals surface area contributed by atoms with Gasteiger partial charge in [0.15, 0.2) is 0 Å². The average molecular weight is 419 g/mol. The highest BCUT2D eigenvalue weighted by molar-refractivity contribution is 7.99. The SMILES string of the molecule is COC(=O)CSCCC(=O)N1CCN(C(C)c2nc(-c3ccccc3)no2)CC1. The molecule has 0 saturated carbocycles. The summed E-state index contributed by atoms with van der Waals surface area (Å²) in [5.41, 5.74) is 0.926. The Hall–Kier alpha value is -2.39. The molecule has 3 rings (SSSR count). The summed E-state index contributed by atoms with van der Waals surface area (Å²) in [5, 5.41) is 4.09. The molecular formula is C20H26N4O4S. The number of amides is 1. The quantitative estimate of drug-likeness (QED) is 0.476. The van der Waals surface area contributed by atoms with Gasteiger partial charge in [-0.3, -0.25) is 14.5 Å². The summed E-state index contributed by atoms with van der Waals surface area (Å²) in [6.45, 7) is 4.90. The molecule has 1 aliphatic heterocycles. The molecule has 29 heavy (non-hydrogen) atoms. The molecule has 0 N–H and O–H groups in total. The van der Waals surface area contributed by atoms with Crippen LogP contribution in [0.5, 0.6) is 0 Å². The van der Waals surface area contributed by atoms with E-state index in [2.05, 4.69) is 19.8 Å². The van der Waals surface area contributed by atoms with Crippen molar-refractivity contribution in [2.75, 3.05) is 44.8 Å². The van der Waals surface area contributed by atoms with Gasteiger partial charge in [0, 0.05) is 43.9 Å². The van der Waals surface area contributed by atoms with E-state index in [-0.39, 0.29) is 23.7 Å². The van der Waals surface area contributed by atoms with Gasteiger partial charge in [-0.2, -0.15) is 4.98 Å². The Balaban J connectivity index is 1.45. The molecule has 156 valence electrons. The first-order chi connectivity index (χ1) is 14.1. The number of methoxy groups -OCH3 is 1. The summed E-state index contributed by atoms with van der Waals surface area (Å²) in [6.07, 6.45) is 0.432. The second kappa shape index (κ2) is 10.4. The Morgan fingerprint density at radius 2 is 1.93 bits per heavy atom. The predicted octanol–water partition coefficient (Wildman–Crippen LogP) is 2.24. The van der Waals surface area contributed by atoms with Crippen molar-refractivity contribution >= 4 is 23.6 Å². The minimum absolute atomic E-state index is 0.00664. The van der Waals surface area contributed by atoms with Crippen LogP contribution in [-0.2, 0) is 14.3 Å². The number of carbonyl (C=O) groups is 2. The van der Waals surface area contributed by atoms with Crippen LogP contribution in [0.1, 0.15) is 25.3 Å². The zero-order valence-electron chi connectivity index (χ0n) is 16.7. The molecule has 8 nitrogen and oxygen atoms in total. The number of hydrogen-bond acceptors (Lipinski definition) is 8. The highest BCUT2D eigenvalue weighted by Crippen LogP contribution is 2.23. The molecule has 1 amide bonds. The van der Waals surface area contributed by atoms with E-state index < -0.39 is 0 Å². The topological polar surface area (TPSA) is 88.8 Å². The van der Waals surface area contributed by atoms with Crippen molar-refractivity contribution in [2.24, 2.45) is 0 Å². The van der Waals surface area contributed by atoms with Crippen molar-refractivity contribution in [1.82, 2.24) is 19.9 Å². The van der Waals surface area contributed by atoms with E-state index >= 15 is 0 Å². The number of ether oxygens (including phenoxy) is 1. The summed E-state index contributed by atoms with van der Waals surface area (Å²) in [7, 11) is 1.37. The summed E-state index contributed by atoms with van der Waals surface area (Å²) < 4.78 is 10.1. The molecule has 1 aromatic carbocycles. The van der Waals surface area contributed by atoms with Crippen molar-refractivity contribution in [1.29, 1.82) is 0 Å². The standard InChI is InChI=1S/C20H26N4O4S/c1-15(20-21-19(22-28-20)16-6-4-3-5-7-16)23-9-11-24(12-10-23)17(25)8-13-29-14-18(26)27-2/h3-7,15H,8-14H2,1-2H3. The monoisotopic (exact) mass is 418 g/mol. The maximum atomic E-state index is 12.4. The number of benzene rings is 1. The third kappa shape index (κ3) is 5.80. The summed E-state index contributed by atoms with van der Waals surface area (Å²) in [5.74, 6) is 1.94. The molecule has 9 heteroatoms. The summed E-state index contributed by atoms with van der Waals surface area (Å²) in [4.78, 5) is 32.1. The fourth-order valence-electron chi connectivity index (χ4n) is 3.16. The van der Waals surface area contributed by atoms with Crippen LogP contribution in [-0.4, -0.2) is 76.6 Å². The largest absolute Gasteiger partial charge is 0.468 e. The number of aromatic nitrogens is 2. The molecule has 1 saturated heterocycles. The smallest absolute Gasteiger partial charge is 0.315 e. The number of rotatable bonds is 8. The lowest BCUT2D eigenvalue weighted by atomic mass is 10.2. The van der Waals surface area contributed by atoms with Crippen LogP contribution in [0.25, 0.3) is 11.4 Å². The lowest BCUT2D eigenvalue weighted by Gasteiger charge is -2.36. The highest BCUT2D eigenvalue weighted by atomic mass is 32.2. The Morgan fingerprint density at radius 3 is 2.62 bits per heavy atom.